The third-order valence-corrected chi connectivity index (χ3v) is 8.83. The van der Waals surface area contributed by atoms with Crippen molar-refractivity contribution in [2.45, 2.75) is 96.1 Å². The molecule has 0 heterocycles. The standard InChI is InChI=1S/C32H38F6/c1-2-3-4-5-21-6-8-22(9-7-21)23-10-12-24(13-11-23)25-14-16-26(17-15-25)27-18-28(33)31(29(34)19-27)30(35)20-32(36,37)38/h14-24H,2-13H2,1H3/b30-20-. The van der Waals surface area contributed by atoms with E-state index in [1.54, 1.807) is 12.1 Å². The molecule has 0 aliphatic heterocycles. The van der Waals surface area contributed by atoms with Gasteiger partial charge in [0.1, 0.15) is 17.5 Å². The highest BCUT2D eigenvalue weighted by Gasteiger charge is 2.31. The normalized spacial score (nSPS) is 25.0. The van der Waals surface area contributed by atoms with E-state index >= 15 is 0 Å². The van der Waals surface area contributed by atoms with Gasteiger partial charge in [-0.15, -0.1) is 0 Å². The summed E-state index contributed by atoms with van der Waals surface area (Å²) in [5, 5.41) is 0. The summed E-state index contributed by atoms with van der Waals surface area (Å²) >= 11 is 0. The van der Waals surface area contributed by atoms with Crippen LogP contribution in [0.1, 0.15) is 101 Å². The van der Waals surface area contributed by atoms with Gasteiger partial charge >= 0.3 is 6.18 Å². The lowest BCUT2D eigenvalue weighted by Gasteiger charge is -2.38. The molecule has 2 aromatic carbocycles. The van der Waals surface area contributed by atoms with E-state index in [-0.39, 0.29) is 5.56 Å². The van der Waals surface area contributed by atoms with Crippen molar-refractivity contribution in [2.75, 3.05) is 0 Å². The zero-order valence-corrected chi connectivity index (χ0v) is 22.1. The molecular formula is C32H38F6. The van der Waals surface area contributed by atoms with Gasteiger partial charge in [-0.2, -0.15) is 13.2 Å². The maximum absolute atomic E-state index is 14.4. The second-order valence-electron chi connectivity index (χ2n) is 11.4. The van der Waals surface area contributed by atoms with Crippen molar-refractivity contribution >= 4 is 5.83 Å². The predicted octanol–water partition coefficient (Wildman–Crippen LogP) is 11.2. The highest BCUT2D eigenvalue weighted by molar-refractivity contribution is 5.69. The van der Waals surface area contributed by atoms with Crippen molar-refractivity contribution in [3.05, 3.63) is 65.2 Å². The molecule has 38 heavy (non-hydrogen) atoms. The minimum absolute atomic E-state index is 0.157. The number of allylic oxidation sites excluding steroid dienone is 1. The molecule has 0 N–H and O–H groups in total. The van der Waals surface area contributed by atoms with Crippen LogP contribution in [0.25, 0.3) is 17.0 Å². The molecule has 208 valence electrons. The van der Waals surface area contributed by atoms with E-state index in [2.05, 4.69) is 6.92 Å². The number of hydrogen-bond donors (Lipinski definition) is 0. The highest BCUT2D eigenvalue weighted by atomic mass is 19.4. The zero-order chi connectivity index (χ0) is 27.3. The SMILES string of the molecule is CCCCCC1CCC(C2CCC(c3ccc(-c4cc(F)c(/C(F)=C/C(F)(F)F)c(F)c4)cc3)CC2)CC1. The molecule has 0 unspecified atom stereocenters. The highest BCUT2D eigenvalue weighted by Crippen LogP contribution is 2.45. The first-order valence-corrected chi connectivity index (χ1v) is 14.2. The number of hydrogen-bond acceptors (Lipinski definition) is 0. The fraction of sp³-hybridized carbons (Fsp3) is 0.562. The van der Waals surface area contributed by atoms with E-state index in [0.717, 1.165) is 42.7 Å². The van der Waals surface area contributed by atoms with Crippen LogP contribution in [0.2, 0.25) is 0 Å². The van der Waals surface area contributed by atoms with E-state index in [4.69, 9.17) is 0 Å². The molecule has 2 aliphatic carbocycles. The second kappa shape index (κ2) is 12.7. The molecule has 0 saturated heterocycles. The summed E-state index contributed by atoms with van der Waals surface area (Å²) in [5.74, 6) is -1.64. The molecular weight excluding hydrogens is 498 g/mol. The minimum Gasteiger partial charge on any atom is -0.206 e. The predicted molar refractivity (Wildman–Crippen MR) is 141 cm³/mol. The van der Waals surface area contributed by atoms with Gasteiger partial charge in [0, 0.05) is 0 Å². The summed E-state index contributed by atoms with van der Waals surface area (Å²) in [6.07, 6.45) is 9.98. The summed E-state index contributed by atoms with van der Waals surface area (Å²) in [7, 11) is 0. The van der Waals surface area contributed by atoms with Gasteiger partial charge in [0.2, 0.25) is 0 Å². The molecule has 4 rings (SSSR count). The molecule has 0 spiro atoms. The minimum atomic E-state index is -5.01. The Morgan fingerprint density at radius 1 is 0.789 bits per heavy atom. The van der Waals surface area contributed by atoms with Crippen molar-refractivity contribution in [3.63, 3.8) is 0 Å². The number of benzene rings is 2. The van der Waals surface area contributed by atoms with E-state index < -0.39 is 35.3 Å². The molecule has 2 fully saturated rings. The Bertz CT molecular complexity index is 1050. The Balaban J connectivity index is 1.33. The van der Waals surface area contributed by atoms with Crippen LogP contribution in [0.5, 0.6) is 0 Å². The number of halogens is 6. The molecule has 0 bridgehead atoms. The summed E-state index contributed by atoms with van der Waals surface area (Å²) in [6.45, 7) is 2.26. The molecule has 0 atom stereocenters. The topological polar surface area (TPSA) is 0 Å². The van der Waals surface area contributed by atoms with Gasteiger partial charge in [-0.3, -0.25) is 0 Å². The summed E-state index contributed by atoms with van der Waals surface area (Å²) in [5.41, 5.74) is 0.583. The fourth-order valence-electron chi connectivity index (χ4n) is 6.69. The average Bonchev–Trinajstić information content (AvgIpc) is 2.88. The zero-order valence-electron chi connectivity index (χ0n) is 22.1. The Morgan fingerprint density at radius 2 is 1.34 bits per heavy atom. The quantitative estimate of drug-likeness (QED) is 0.232. The fourth-order valence-corrected chi connectivity index (χ4v) is 6.69. The maximum Gasteiger partial charge on any atom is 0.412 e. The molecule has 6 heteroatoms. The van der Waals surface area contributed by atoms with Crippen LogP contribution < -0.4 is 0 Å². The van der Waals surface area contributed by atoms with Gasteiger partial charge in [0.25, 0.3) is 0 Å². The molecule has 0 aromatic heterocycles. The van der Waals surface area contributed by atoms with Crippen LogP contribution in [0.15, 0.2) is 42.5 Å². The second-order valence-corrected chi connectivity index (χ2v) is 11.4. The summed E-state index contributed by atoms with van der Waals surface area (Å²) in [6, 6.07) is 9.24. The van der Waals surface area contributed by atoms with Gasteiger partial charge in [0.05, 0.1) is 11.6 Å². The van der Waals surface area contributed by atoms with Crippen LogP contribution in [-0.2, 0) is 0 Å². The average molecular weight is 537 g/mol. The van der Waals surface area contributed by atoms with E-state index in [9.17, 15) is 26.3 Å². The molecule has 0 radical (unpaired) electrons. The smallest absolute Gasteiger partial charge is 0.206 e. The lowest BCUT2D eigenvalue weighted by Crippen LogP contribution is -2.25. The largest absolute Gasteiger partial charge is 0.412 e. The van der Waals surface area contributed by atoms with Crippen LogP contribution in [-0.4, -0.2) is 6.18 Å². The van der Waals surface area contributed by atoms with Crippen molar-refractivity contribution in [3.8, 4) is 11.1 Å². The van der Waals surface area contributed by atoms with Gasteiger partial charge in [-0.25, -0.2) is 13.2 Å². The van der Waals surface area contributed by atoms with Gasteiger partial charge in [-0.05, 0) is 91.0 Å². The number of rotatable bonds is 8. The van der Waals surface area contributed by atoms with Gasteiger partial charge < -0.3 is 0 Å². The first-order valence-electron chi connectivity index (χ1n) is 14.2. The van der Waals surface area contributed by atoms with Gasteiger partial charge in [-0.1, -0.05) is 69.7 Å². The summed E-state index contributed by atoms with van der Waals surface area (Å²) in [4.78, 5) is 0. The molecule has 2 aromatic rings. The van der Waals surface area contributed by atoms with Gasteiger partial charge in [0.15, 0.2) is 0 Å². The lowest BCUT2D eigenvalue weighted by molar-refractivity contribution is -0.0798. The monoisotopic (exact) mass is 536 g/mol. The Kier molecular flexibility index (Phi) is 9.64. The lowest BCUT2D eigenvalue weighted by atomic mass is 9.68. The third-order valence-electron chi connectivity index (χ3n) is 8.83. The van der Waals surface area contributed by atoms with E-state index in [0.29, 0.717) is 11.5 Å². The number of alkyl halides is 3. The Labute approximate surface area is 222 Å². The van der Waals surface area contributed by atoms with Crippen molar-refractivity contribution < 1.29 is 26.3 Å². The molecule has 2 saturated carbocycles. The van der Waals surface area contributed by atoms with Crippen LogP contribution in [0, 0.1) is 29.4 Å². The van der Waals surface area contributed by atoms with Crippen molar-refractivity contribution in [1.29, 1.82) is 0 Å². The van der Waals surface area contributed by atoms with E-state index in [1.807, 2.05) is 12.1 Å². The van der Waals surface area contributed by atoms with Crippen LogP contribution in [0.3, 0.4) is 0 Å². The van der Waals surface area contributed by atoms with Crippen molar-refractivity contribution in [2.24, 2.45) is 17.8 Å². The maximum atomic E-state index is 14.4. The first kappa shape index (κ1) is 28.8. The number of unbranched alkanes of at least 4 members (excludes halogenated alkanes) is 2. The van der Waals surface area contributed by atoms with E-state index in [1.165, 1.54) is 69.8 Å². The third kappa shape index (κ3) is 7.45. The Morgan fingerprint density at radius 3 is 1.87 bits per heavy atom. The molecule has 2 aliphatic rings. The Hall–Kier alpha value is -2.24. The van der Waals surface area contributed by atoms with Crippen LogP contribution >= 0.6 is 0 Å². The van der Waals surface area contributed by atoms with Crippen LogP contribution in [0.4, 0.5) is 26.3 Å². The summed E-state index contributed by atoms with van der Waals surface area (Å²) < 4.78 is 79.8. The molecule has 0 amide bonds. The van der Waals surface area contributed by atoms with Crippen molar-refractivity contribution in [1.82, 2.24) is 0 Å². The first-order chi connectivity index (χ1) is 18.1. The molecule has 0 nitrogen and oxygen atoms in total.